The summed E-state index contributed by atoms with van der Waals surface area (Å²) in [7, 11) is 0. The van der Waals surface area contributed by atoms with Crippen LogP contribution < -0.4 is 5.32 Å². The fourth-order valence-electron chi connectivity index (χ4n) is 3.64. The number of benzene rings is 1. The monoisotopic (exact) mass is 355 g/mol. The van der Waals surface area contributed by atoms with Crippen molar-refractivity contribution in [3.05, 3.63) is 34.1 Å². The predicted octanol–water partition coefficient (Wildman–Crippen LogP) is 5.18. The maximum absolute atomic E-state index is 13.5. The summed E-state index contributed by atoms with van der Waals surface area (Å²) in [5.41, 5.74) is 1.10. The molecule has 0 aromatic heterocycles. The van der Waals surface area contributed by atoms with Crippen molar-refractivity contribution in [2.75, 3.05) is 6.54 Å². The summed E-state index contributed by atoms with van der Waals surface area (Å²) >= 11 is 3.57. The van der Waals surface area contributed by atoms with Crippen molar-refractivity contribution in [1.29, 1.82) is 0 Å². The van der Waals surface area contributed by atoms with Gasteiger partial charge in [-0.25, -0.2) is 4.39 Å². The van der Waals surface area contributed by atoms with E-state index < -0.39 is 0 Å². The second-order valence-corrected chi connectivity index (χ2v) is 7.54. The first kappa shape index (κ1) is 17.0. The molecule has 1 aliphatic rings. The van der Waals surface area contributed by atoms with Crippen LogP contribution in [0.15, 0.2) is 22.7 Å². The fraction of sp³-hybridized carbons (Fsp3) is 0.667. The van der Waals surface area contributed by atoms with Gasteiger partial charge >= 0.3 is 0 Å². The molecule has 3 atom stereocenters. The summed E-state index contributed by atoms with van der Waals surface area (Å²) in [4.78, 5) is 0. The number of hydrogen-bond donors (Lipinski definition) is 1. The van der Waals surface area contributed by atoms with E-state index in [-0.39, 0.29) is 5.82 Å². The van der Waals surface area contributed by atoms with Gasteiger partial charge in [0.2, 0.25) is 0 Å². The maximum Gasteiger partial charge on any atom is 0.123 e. The van der Waals surface area contributed by atoms with E-state index >= 15 is 0 Å². The summed E-state index contributed by atoms with van der Waals surface area (Å²) < 4.78 is 14.5. The molecule has 118 valence electrons. The zero-order valence-corrected chi connectivity index (χ0v) is 14.9. The second-order valence-electron chi connectivity index (χ2n) is 6.68. The summed E-state index contributed by atoms with van der Waals surface area (Å²) in [5.74, 6) is 2.01. The van der Waals surface area contributed by atoms with Gasteiger partial charge in [-0.1, -0.05) is 36.7 Å². The van der Waals surface area contributed by atoms with E-state index in [1.54, 1.807) is 6.07 Å². The van der Waals surface area contributed by atoms with Crippen LogP contribution in [0, 0.1) is 23.6 Å². The molecule has 0 aliphatic heterocycles. The molecule has 3 unspecified atom stereocenters. The predicted molar refractivity (Wildman–Crippen MR) is 90.9 cm³/mol. The molecule has 1 nitrogen and oxygen atoms in total. The standard InChI is InChI=1S/C18H27BrFN/c1-4-21-18-8-5-13(12(2)3)9-15(18)10-14-11-16(20)6-7-17(14)19/h6-7,11-13,15,18,21H,4-5,8-10H2,1-3H3. The SMILES string of the molecule is CCNC1CCC(C(C)C)CC1Cc1cc(F)ccc1Br. The molecule has 1 aliphatic carbocycles. The molecule has 1 fully saturated rings. The lowest BCUT2D eigenvalue weighted by molar-refractivity contribution is 0.168. The van der Waals surface area contributed by atoms with Gasteiger partial charge in [0.1, 0.15) is 5.82 Å². The summed E-state index contributed by atoms with van der Waals surface area (Å²) in [6, 6.07) is 5.61. The molecule has 3 heteroatoms. The molecule has 0 bridgehead atoms. The minimum Gasteiger partial charge on any atom is -0.314 e. The van der Waals surface area contributed by atoms with Crippen LogP contribution in [0.25, 0.3) is 0 Å². The highest BCUT2D eigenvalue weighted by Crippen LogP contribution is 2.36. The largest absolute Gasteiger partial charge is 0.314 e. The Labute approximate surface area is 136 Å². The first-order valence-corrected chi connectivity index (χ1v) is 8.97. The van der Waals surface area contributed by atoms with E-state index in [2.05, 4.69) is 42.0 Å². The van der Waals surface area contributed by atoms with Gasteiger partial charge < -0.3 is 5.32 Å². The van der Waals surface area contributed by atoms with Gasteiger partial charge in [0.25, 0.3) is 0 Å². The molecule has 1 aromatic rings. The lowest BCUT2D eigenvalue weighted by atomic mass is 9.71. The molecule has 1 aromatic carbocycles. The van der Waals surface area contributed by atoms with Crippen LogP contribution in [0.5, 0.6) is 0 Å². The Morgan fingerprint density at radius 1 is 1.33 bits per heavy atom. The van der Waals surface area contributed by atoms with Gasteiger partial charge in [0, 0.05) is 10.5 Å². The van der Waals surface area contributed by atoms with Gasteiger partial charge in [-0.3, -0.25) is 0 Å². The van der Waals surface area contributed by atoms with Crippen LogP contribution in [0.2, 0.25) is 0 Å². The number of hydrogen-bond acceptors (Lipinski definition) is 1. The minimum atomic E-state index is -0.135. The molecule has 0 amide bonds. The lowest BCUT2D eigenvalue weighted by Gasteiger charge is -2.38. The van der Waals surface area contributed by atoms with Gasteiger partial charge in [-0.2, -0.15) is 0 Å². The zero-order valence-electron chi connectivity index (χ0n) is 13.3. The number of rotatable bonds is 5. The summed E-state index contributed by atoms with van der Waals surface area (Å²) in [5, 5.41) is 3.64. The van der Waals surface area contributed by atoms with Crippen LogP contribution in [-0.2, 0) is 6.42 Å². The third-order valence-electron chi connectivity index (χ3n) is 4.92. The summed E-state index contributed by atoms with van der Waals surface area (Å²) in [6.45, 7) is 7.84. The Morgan fingerprint density at radius 3 is 2.76 bits per heavy atom. The maximum atomic E-state index is 13.5. The Bertz CT molecular complexity index is 461. The second kappa shape index (κ2) is 7.73. The van der Waals surface area contributed by atoms with E-state index in [1.807, 2.05) is 6.07 Å². The molecule has 0 heterocycles. The fourth-order valence-corrected chi connectivity index (χ4v) is 4.05. The topological polar surface area (TPSA) is 12.0 Å². The van der Waals surface area contributed by atoms with Crippen molar-refractivity contribution in [2.24, 2.45) is 17.8 Å². The number of halogens is 2. The first-order valence-electron chi connectivity index (χ1n) is 8.18. The quantitative estimate of drug-likeness (QED) is 0.766. The van der Waals surface area contributed by atoms with Crippen molar-refractivity contribution >= 4 is 15.9 Å². The molecule has 0 radical (unpaired) electrons. The summed E-state index contributed by atoms with van der Waals surface area (Å²) in [6.07, 6.45) is 4.77. The van der Waals surface area contributed by atoms with Crippen LogP contribution in [0.3, 0.4) is 0 Å². The minimum absolute atomic E-state index is 0.135. The third kappa shape index (κ3) is 4.53. The van der Waals surface area contributed by atoms with E-state index in [4.69, 9.17) is 0 Å². The van der Waals surface area contributed by atoms with E-state index in [0.29, 0.717) is 12.0 Å². The van der Waals surface area contributed by atoms with Crippen molar-refractivity contribution in [3.63, 3.8) is 0 Å². The van der Waals surface area contributed by atoms with Crippen molar-refractivity contribution in [1.82, 2.24) is 5.32 Å². The smallest absolute Gasteiger partial charge is 0.123 e. The molecular formula is C18H27BrFN. The highest BCUT2D eigenvalue weighted by atomic mass is 79.9. The van der Waals surface area contributed by atoms with Crippen molar-refractivity contribution < 1.29 is 4.39 Å². The molecular weight excluding hydrogens is 329 g/mol. The Kier molecular flexibility index (Phi) is 6.24. The van der Waals surface area contributed by atoms with Crippen LogP contribution in [-0.4, -0.2) is 12.6 Å². The normalized spacial score (nSPS) is 26.3. The van der Waals surface area contributed by atoms with E-state index in [9.17, 15) is 4.39 Å². The van der Waals surface area contributed by atoms with Crippen molar-refractivity contribution in [2.45, 2.75) is 52.5 Å². The third-order valence-corrected chi connectivity index (χ3v) is 5.70. The van der Waals surface area contributed by atoms with E-state index in [0.717, 1.165) is 34.8 Å². The molecule has 0 spiro atoms. The van der Waals surface area contributed by atoms with Crippen LogP contribution in [0.1, 0.15) is 45.6 Å². The molecule has 21 heavy (non-hydrogen) atoms. The van der Waals surface area contributed by atoms with Gasteiger partial charge in [0.15, 0.2) is 0 Å². The molecule has 2 rings (SSSR count). The van der Waals surface area contributed by atoms with Crippen LogP contribution in [0.4, 0.5) is 4.39 Å². The van der Waals surface area contributed by atoms with Crippen LogP contribution >= 0.6 is 15.9 Å². The van der Waals surface area contributed by atoms with Crippen molar-refractivity contribution in [3.8, 4) is 0 Å². The first-order chi connectivity index (χ1) is 10.0. The highest BCUT2D eigenvalue weighted by Gasteiger charge is 2.31. The Hall–Kier alpha value is -0.410. The zero-order chi connectivity index (χ0) is 15.4. The lowest BCUT2D eigenvalue weighted by Crippen LogP contribution is -2.42. The van der Waals surface area contributed by atoms with Gasteiger partial charge in [-0.15, -0.1) is 0 Å². The average molecular weight is 356 g/mol. The van der Waals surface area contributed by atoms with E-state index in [1.165, 1.54) is 25.3 Å². The molecule has 0 saturated heterocycles. The van der Waals surface area contributed by atoms with Gasteiger partial charge in [0.05, 0.1) is 0 Å². The Morgan fingerprint density at radius 2 is 2.10 bits per heavy atom. The highest BCUT2D eigenvalue weighted by molar-refractivity contribution is 9.10. The Balaban J connectivity index is 2.13. The average Bonchev–Trinajstić information content (AvgIpc) is 2.44. The molecule has 1 saturated carbocycles. The molecule has 1 N–H and O–H groups in total. The van der Waals surface area contributed by atoms with Gasteiger partial charge in [-0.05, 0) is 73.7 Å². The number of nitrogens with one attached hydrogen (secondary N) is 1.